The van der Waals surface area contributed by atoms with Crippen molar-refractivity contribution in [2.45, 2.75) is 10.9 Å². The maximum atomic E-state index is 12.4. The molecule has 25 heavy (non-hydrogen) atoms. The Morgan fingerprint density at radius 1 is 1.20 bits per heavy atom. The number of nitrogens with zero attached hydrogens (tertiary/aromatic N) is 3. The zero-order valence-corrected chi connectivity index (χ0v) is 14.4. The number of sulfonamides is 1. The van der Waals surface area contributed by atoms with Gasteiger partial charge in [-0.05, 0) is 23.8 Å². The fourth-order valence-electron chi connectivity index (χ4n) is 3.27. The van der Waals surface area contributed by atoms with Gasteiger partial charge in [0.05, 0.1) is 12.2 Å². The molecule has 0 aliphatic carbocycles. The number of para-hydroxylation sites is 1. The first-order valence-electron chi connectivity index (χ1n) is 8.18. The zero-order chi connectivity index (χ0) is 17.3. The van der Waals surface area contributed by atoms with E-state index in [4.69, 9.17) is 0 Å². The third kappa shape index (κ3) is 3.28. The molecule has 0 saturated carbocycles. The fourth-order valence-corrected chi connectivity index (χ4v) is 4.40. The second-order valence-corrected chi connectivity index (χ2v) is 7.68. The van der Waals surface area contributed by atoms with Crippen LogP contribution in [0.4, 0.5) is 5.69 Å². The molecule has 130 valence electrons. The van der Waals surface area contributed by atoms with Gasteiger partial charge in [-0.3, -0.25) is 9.88 Å². The summed E-state index contributed by atoms with van der Waals surface area (Å²) in [6.45, 7) is 2.90. The van der Waals surface area contributed by atoms with Gasteiger partial charge in [-0.25, -0.2) is 0 Å². The van der Waals surface area contributed by atoms with Gasteiger partial charge in [-0.2, -0.15) is 8.42 Å². The van der Waals surface area contributed by atoms with E-state index in [0.29, 0.717) is 18.1 Å². The standard InChI is InChI=1S/C17H19N5O2S/c23-25(24)16-6-2-1-5-14(16)20-17(21-25)12-22-9-8-19-11-15(22)13-4-3-7-18-10-13/h1-7,10,15,19H,8-9,11-12H2,(H,20,21). The maximum Gasteiger partial charge on any atom is 0.286 e. The molecule has 0 radical (unpaired) electrons. The summed E-state index contributed by atoms with van der Waals surface area (Å²) in [6.07, 6.45) is 3.60. The van der Waals surface area contributed by atoms with Crippen molar-refractivity contribution in [1.29, 1.82) is 0 Å². The number of nitrogens with one attached hydrogen (secondary N) is 2. The first-order chi connectivity index (χ1) is 12.1. The van der Waals surface area contributed by atoms with Crippen LogP contribution < -0.4 is 10.6 Å². The highest BCUT2D eigenvalue weighted by molar-refractivity contribution is 7.90. The van der Waals surface area contributed by atoms with E-state index in [1.165, 1.54) is 0 Å². The Labute approximate surface area is 146 Å². The number of anilines is 1. The van der Waals surface area contributed by atoms with Crippen LogP contribution in [0.2, 0.25) is 0 Å². The molecule has 1 aromatic heterocycles. The van der Waals surface area contributed by atoms with E-state index >= 15 is 0 Å². The molecule has 3 heterocycles. The molecule has 2 aliphatic rings. The van der Waals surface area contributed by atoms with Crippen molar-refractivity contribution in [1.82, 2.24) is 15.2 Å². The minimum Gasteiger partial charge on any atom is -0.341 e. The largest absolute Gasteiger partial charge is 0.341 e. The van der Waals surface area contributed by atoms with E-state index in [2.05, 4.69) is 24.9 Å². The van der Waals surface area contributed by atoms with E-state index in [1.54, 1.807) is 24.4 Å². The van der Waals surface area contributed by atoms with Gasteiger partial charge in [0.2, 0.25) is 0 Å². The normalized spacial score (nSPS) is 22.6. The second-order valence-electron chi connectivity index (χ2n) is 6.11. The number of rotatable bonds is 3. The SMILES string of the molecule is O=S1(=O)N=C(CN2CCNCC2c2cccnc2)Nc2ccccc21. The predicted molar refractivity (Wildman–Crippen MR) is 96.1 cm³/mol. The van der Waals surface area contributed by atoms with E-state index in [-0.39, 0.29) is 10.9 Å². The molecule has 1 aromatic carbocycles. The number of piperazine rings is 1. The monoisotopic (exact) mass is 357 g/mol. The van der Waals surface area contributed by atoms with Gasteiger partial charge < -0.3 is 10.6 Å². The van der Waals surface area contributed by atoms with Crippen LogP contribution >= 0.6 is 0 Å². The minimum atomic E-state index is -3.65. The minimum absolute atomic E-state index is 0.131. The Morgan fingerprint density at radius 2 is 2.08 bits per heavy atom. The van der Waals surface area contributed by atoms with E-state index in [1.807, 2.05) is 24.4 Å². The van der Waals surface area contributed by atoms with Crippen LogP contribution in [0.15, 0.2) is 58.1 Å². The van der Waals surface area contributed by atoms with Crippen LogP contribution in [0.5, 0.6) is 0 Å². The van der Waals surface area contributed by atoms with Crippen LogP contribution in [0.25, 0.3) is 0 Å². The van der Waals surface area contributed by atoms with Crippen molar-refractivity contribution >= 4 is 21.5 Å². The van der Waals surface area contributed by atoms with E-state index < -0.39 is 10.0 Å². The van der Waals surface area contributed by atoms with Crippen LogP contribution in [0, 0.1) is 0 Å². The lowest BCUT2D eigenvalue weighted by Gasteiger charge is -2.36. The Kier molecular flexibility index (Phi) is 4.24. The number of benzene rings is 1. The molecule has 1 fully saturated rings. The Balaban J connectivity index is 1.60. The van der Waals surface area contributed by atoms with Crippen LogP contribution in [0.3, 0.4) is 0 Å². The van der Waals surface area contributed by atoms with Gasteiger partial charge in [0, 0.05) is 38.1 Å². The summed E-state index contributed by atoms with van der Waals surface area (Å²) in [7, 11) is -3.65. The quantitative estimate of drug-likeness (QED) is 0.860. The van der Waals surface area contributed by atoms with Crippen molar-refractivity contribution in [2.75, 3.05) is 31.5 Å². The maximum absolute atomic E-state index is 12.4. The molecule has 4 rings (SSSR count). The Hall–Kier alpha value is -2.29. The van der Waals surface area contributed by atoms with E-state index in [0.717, 1.165) is 25.2 Å². The molecule has 2 N–H and O–H groups in total. The average molecular weight is 357 g/mol. The van der Waals surface area contributed by atoms with Crippen molar-refractivity contribution in [3.8, 4) is 0 Å². The van der Waals surface area contributed by atoms with Gasteiger partial charge in [0.15, 0.2) is 0 Å². The summed E-state index contributed by atoms with van der Waals surface area (Å²) >= 11 is 0. The topological polar surface area (TPSA) is 86.7 Å². The molecule has 2 aromatic rings. The molecule has 1 atom stereocenters. The number of hydrogen-bond donors (Lipinski definition) is 2. The predicted octanol–water partition coefficient (Wildman–Crippen LogP) is 1.24. The number of hydrogen-bond acceptors (Lipinski definition) is 6. The van der Waals surface area contributed by atoms with E-state index in [9.17, 15) is 8.42 Å². The number of fused-ring (bicyclic) bond motifs is 1. The molecular weight excluding hydrogens is 338 g/mol. The lowest BCUT2D eigenvalue weighted by atomic mass is 10.1. The lowest BCUT2D eigenvalue weighted by Crippen LogP contribution is -2.49. The molecule has 1 unspecified atom stereocenters. The lowest BCUT2D eigenvalue weighted by molar-refractivity contribution is 0.186. The summed E-state index contributed by atoms with van der Waals surface area (Å²) in [6, 6.07) is 10.9. The van der Waals surface area contributed by atoms with Crippen LogP contribution in [-0.4, -0.2) is 50.3 Å². The first kappa shape index (κ1) is 16.2. The molecule has 0 bridgehead atoms. The molecule has 0 spiro atoms. The van der Waals surface area contributed by atoms with Crippen LogP contribution in [0.1, 0.15) is 11.6 Å². The third-order valence-electron chi connectivity index (χ3n) is 4.45. The number of aromatic nitrogens is 1. The highest BCUT2D eigenvalue weighted by atomic mass is 32.2. The second kappa shape index (κ2) is 6.55. The van der Waals surface area contributed by atoms with Gasteiger partial charge in [-0.1, -0.05) is 18.2 Å². The van der Waals surface area contributed by atoms with Gasteiger partial charge >= 0.3 is 0 Å². The molecule has 2 aliphatic heterocycles. The number of pyridine rings is 1. The Bertz CT molecular complexity index is 898. The van der Waals surface area contributed by atoms with Crippen molar-refractivity contribution in [2.24, 2.45) is 4.40 Å². The highest BCUT2D eigenvalue weighted by Crippen LogP contribution is 2.28. The van der Waals surface area contributed by atoms with Gasteiger partial charge in [0.1, 0.15) is 10.7 Å². The highest BCUT2D eigenvalue weighted by Gasteiger charge is 2.29. The molecule has 7 nitrogen and oxygen atoms in total. The summed E-state index contributed by atoms with van der Waals surface area (Å²) in [4.78, 5) is 6.65. The van der Waals surface area contributed by atoms with Crippen molar-refractivity contribution in [3.63, 3.8) is 0 Å². The summed E-state index contributed by atoms with van der Waals surface area (Å²) in [5.41, 5.74) is 1.69. The summed E-state index contributed by atoms with van der Waals surface area (Å²) in [5.74, 6) is 0.453. The Morgan fingerprint density at radius 3 is 2.92 bits per heavy atom. The van der Waals surface area contributed by atoms with Crippen molar-refractivity contribution in [3.05, 3.63) is 54.4 Å². The summed E-state index contributed by atoms with van der Waals surface area (Å²) < 4.78 is 28.8. The first-order valence-corrected chi connectivity index (χ1v) is 9.62. The summed E-state index contributed by atoms with van der Waals surface area (Å²) in [5, 5.41) is 6.55. The fraction of sp³-hybridized carbons (Fsp3) is 0.294. The molecular formula is C17H19N5O2S. The average Bonchev–Trinajstić information content (AvgIpc) is 2.62. The molecule has 8 heteroatoms. The molecule has 0 amide bonds. The van der Waals surface area contributed by atoms with Gasteiger partial charge in [-0.15, -0.1) is 4.40 Å². The smallest absolute Gasteiger partial charge is 0.286 e. The molecule has 1 saturated heterocycles. The third-order valence-corrected chi connectivity index (χ3v) is 5.82. The van der Waals surface area contributed by atoms with Gasteiger partial charge in [0.25, 0.3) is 10.0 Å². The van der Waals surface area contributed by atoms with Crippen molar-refractivity contribution < 1.29 is 8.42 Å². The number of amidine groups is 1. The zero-order valence-electron chi connectivity index (χ0n) is 13.6. The van der Waals surface area contributed by atoms with Crippen LogP contribution in [-0.2, 0) is 10.0 Å².